The number of anilines is 1. The van der Waals surface area contributed by atoms with Gasteiger partial charge in [0.2, 0.25) is 5.91 Å². The molecule has 2 aliphatic rings. The molecule has 5 rings (SSSR count). The van der Waals surface area contributed by atoms with Crippen molar-refractivity contribution in [2.24, 2.45) is 5.92 Å². The molecule has 0 radical (unpaired) electrons. The second kappa shape index (κ2) is 8.38. The van der Waals surface area contributed by atoms with Gasteiger partial charge in [0.05, 0.1) is 5.92 Å². The van der Waals surface area contributed by atoms with Gasteiger partial charge in [-0.1, -0.05) is 12.5 Å². The molecular formula is C22H27N7O. The van der Waals surface area contributed by atoms with Crippen molar-refractivity contribution < 1.29 is 4.79 Å². The zero-order valence-electron chi connectivity index (χ0n) is 17.1. The van der Waals surface area contributed by atoms with Gasteiger partial charge in [0.25, 0.3) is 0 Å². The number of amides is 1. The van der Waals surface area contributed by atoms with Crippen LogP contribution >= 0.6 is 0 Å². The predicted molar refractivity (Wildman–Crippen MR) is 114 cm³/mol. The number of imidazole rings is 1. The second-order valence-electron chi connectivity index (χ2n) is 8.22. The van der Waals surface area contributed by atoms with Crippen LogP contribution in [0.4, 0.5) is 5.82 Å². The summed E-state index contributed by atoms with van der Waals surface area (Å²) >= 11 is 0. The van der Waals surface area contributed by atoms with Crippen LogP contribution in [0.5, 0.6) is 0 Å². The van der Waals surface area contributed by atoms with E-state index in [1.165, 1.54) is 19.3 Å². The molecule has 30 heavy (non-hydrogen) atoms. The number of nitrogens with zero attached hydrogens (tertiary/aromatic N) is 6. The molecular weight excluding hydrogens is 378 g/mol. The van der Waals surface area contributed by atoms with Gasteiger partial charge in [-0.25, -0.2) is 15.0 Å². The number of hydrogen-bond donors (Lipinski definition) is 1. The Morgan fingerprint density at radius 1 is 1.17 bits per heavy atom. The Morgan fingerprint density at radius 3 is 3.03 bits per heavy atom. The highest BCUT2D eigenvalue weighted by molar-refractivity contribution is 5.85. The van der Waals surface area contributed by atoms with Crippen LogP contribution in [0.2, 0.25) is 0 Å². The fourth-order valence-corrected chi connectivity index (χ4v) is 4.58. The lowest BCUT2D eigenvalue weighted by Gasteiger charge is -2.32. The molecule has 0 saturated carbocycles. The summed E-state index contributed by atoms with van der Waals surface area (Å²) in [4.78, 5) is 33.2. The Balaban J connectivity index is 1.33. The predicted octanol–water partition coefficient (Wildman–Crippen LogP) is 2.48. The fourth-order valence-electron chi connectivity index (χ4n) is 4.58. The van der Waals surface area contributed by atoms with Crippen molar-refractivity contribution in [1.82, 2.24) is 29.8 Å². The highest BCUT2D eigenvalue weighted by Crippen LogP contribution is 2.29. The molecule has 156 valence electrons. The molecule has 8 heteroatoms. The number of piperidine rings is 1. The van der Waals surface area contributed by atoms with E-state index in [0.717, 1.165) is 60.7 Å². The van der Waals surface area contributed by atoms with Crippen molar-refractivity contribution >= 4 is 22.9 Å². The first-order valence-electron chi connectivity index (χ1n) is 10.9. The molecule has 5 heterocycles. The number of rotatable bonds is 4. The summed E-state index contributed by atoms with van der Waals surface area (Å²) in [5.74, 6) is 2.02. The second-order valence-corrected chi connectivity index (χ2v) is 8.22. The Morgan fingerprint density at radius 2 is 2.13 bits per heavy atom. The van der Waals surface area contributed by atoms with Crippen molar-refractivity contribution in [3.63, 3.8) is 0 Å². The van der Waals surface area contributed by atoms with E-state index in [4.69, 9.17) is 4.98 Å². The van der Waals surface area contributed by atoms with Crippen LogP contribution in [-0.2, 0) is 24.3 Å². The molecule has 1 N–H and O–H groups in total. The third-order valence-corrected chi connectivity index (χ3v) is 6.16. The van der Waals surface area contributed by atoms with E-state index in [-0.39, 0.29) is 11.8 Å². The fraction of sp³-hybridized carbons (Fsp3) is 0.500. The maximum absolute atomic E-state index is 12.8. The zero-order valence-corrected chi connectivity index (χ0v) is 17.1. The van der Waals surface area contributed by atoms with Gasteiger partial charge in [-0.05, 0) is 37.3 Å². The lowest BCUT2D eigenvalue weighted by atomic mass is 9.97. The maximum atomic E-state index is 12.8. The van der Waals surface area contributed by atoms with Crippen LogP contribution in [0, 0.1) is 5.92 Å². The molecule has 1 saturated heterocycles. The zero-order chi connectivity index (χ0) is 20.3. The van der Waals surface area contributed by atoms with Crippen LogP contribution < -0.4 is 10.2 Å². The minimum Gasteiger partial charge on any atom is -0.354 e. The van der Waals surface area contributed by atoms with E-state index in [1.807, 2.05) is 12.1 Å². The van der Waals surface area contributed by atoms with Crippen molar-refractivity contribution in [3.8, 4) is 0 Å². The minimum absolute atomic E-state index is 0.0547. The molecule has 0 bridgehead atoms. The number of carbonyl (C=O) groups is 1. The third kappa shape index (κ3) is 3.74. The largest absolute Gasteiger partial charge is 0.354 e. The van der Waals surface area contributed by atoms with E-state index in [2.05, 4.69) is 29.7 Å². The SMILES string of the molecule is O=C(NCc1cccnc1)[C@H]1CCCN(c2ncnc3c2nc2n3CCCCC2)C1. The number of fused-ring (bicyclic) bond motifs is 3. The third-order valence-electron chi connectivity index (χ3n) is 6.16. The van der Waals surface area contributed by atoms with Gasteiger partial charge >= 0.3 is 0 Å². The Hall–Kier alpha value is -3.03. The summed E-state index contributed by atoms with van der Waals surface area (Å²) in [6.45, 7) is 3.03. The Labute approximate surface area is 175 Å². The molecule has 3 aromatic heterocycles. The molecule has 0 aromatic carbocycles. The average Bonchev–Trinajstić information content (AvgIpc) is 2.99. The standard InChI is InChI=1S/C22H27N7O/c30-22(24-13-16-6-4-9-23-12-16)17-7-5-10-28(14-17)20-19-21(26-15-25-20)29-11-3-1-2-8-18(29)27-19/h4,6,9,12,15,17H,1-3,5,7-8,10-11,13-14H2,(H,24,30)/t17-/m0/s1. The summed E-state index contributed by atoms with van der Waals surface area (Å²) < 4.78 is 2.26. The summed E-state index contributed by atoms with van der Waals surface area (Å²) in [6, 6.07) is 3.86. The Bertz CT molecular complexity index is 1030. The maximum Gasteiger partial charge on any atom is 0.225 e. The van der Waals surface area contributed by atoms with E-state index in [9.17, 15) is 4.79 Å². The van der Waals surface area contributed by atoms with Crippen LogP contribution in [-0.4, -0.2) is 43.5 Å². The molecule has 8 nitrogen and oxygen atoms in total. The summed E-state index contributed by atoms with van der Waals surface area (Å²) in [6.07, 6.45) is 11.6. The van der Waals surface area contributed by atoms with Crippen molar-refractivity contribution in [2.45, 2.75) is 51.6 Å². The van der Waals surface area contributed by atoms with Crippen molar-refractivity contribution in [2.75, 3.05) is 18.0 Å². The highest BCUT2D eigenvalue weighted by atomic mass is 16.1. The molecule has 3 aromatic rings. The number of aryl methyl sites for hydroxylation is 2. The number of nitrogens with one attached hydrogen (secondary N) is 1. The van der Waals surface area contributed by atoms with E-state index < -0.39 is 0 Å². The van der Waals surface area contributed by atoms with Crippen LogP contribution in [0.3, 0.4) is 0 Å². The van der Waals surface area contributed by atoms with Crippen molar-refractivity contribution in [1.29, 1.82) is 0 Å². The molecule has 1 atom stereocenters. The van der Waals surface area contributed by atoms with Gasteiger partial charge in [0, 0.05) is 45.0 Å². The number of carbonyl (C=O) groups excluding carboxylic acids is 1. The topological polar surface area (TPSA) is 88.8 Å². The number of pyridine rings is 1. The van der Waals surface area contributed by atoms with Gasteiger partial charge in [-0.15, -0.1) is 0 Å². The first-order valence-corrected chi connectivity index (χ1v) is 10.9. The van der Waals surface area contributed by atoms with Gasteiger partial charge in [-0.2, -0.15) is 0 Å². The van der Waals surface area contributed by atoms with Gasteiger partial charge in [0.1, 0.15) is 12.2 Å². The Kier molecular flexibility index (Phi) is 5.29. The minimum atomic E-state index is -0.0547. The number of aromatic nitrogens is 5. The first-order chi connectivity index (χ1) is 14.8. The van der Waals surface area contributed by atoms with E-state index in [1.54, 1.807) is 18.7 Å². The first kappa shape index (κ1) is 19.0. The summed E-state index contributed by atoms with van der Waals surface area (Å²) in [5, 5.41) is 3.07. The van der Waals surface area contributed by atoms with Crippen molar-refractivity contribution in [3.05, 3.63) is 42.2 Å². The number of hydrogen-bond acceptors (Lipinski definition) is 6. The lowest BCUT2D eigenvalue weighted by molar-refractivity contribution is -0.125. The summed E-state index contributed by atoms with van der Waals surface area (Å²) in [7, 11) is 0. The normalized spacial score (nSPS) is 19.3. The van der Waals surface area contributed by atoms with Crippen LogP contribution in [0.15, 0.2) is 30.9 Å². The van der Waals surface area contributed by atoms with Gasteiger partial charge in [0.15, 0.2) is 17.0 Å². The van der Waals surface area contributed by atoms with Gasteiger partial charge < -0.3 is 14.8 Å². The van der Waals surface area contributed by atoms with Crippen LogP contribution in [0.1, 0.15) is 43.5 Å². The van der Waals surface area contributed by atoms with Crippen LogP contribution in [0.25, 0.3) is 11.2 Å². The quantitative estimate of drug-likeness (QED) is 0.717. The van der Waals surface area contributed by atoms with Gasteiger partial charge in [-0.3, -0.25) is 9.78 Å². The molecule has 0 aliphatic carbocycles. The van der Waals surface area contributed by atoms with E-state index in [0.29, 0.717) is 13.1 Å². The molecule has 2 aliphatic heterocycles. The molecule has 1 fully saturated rings. The average molecular weight is 406 g/mol. The summed E-state index contributed by atoms with van der Waals surface area (Å²) in [5.41, 5.74) is 2.82. The monoisotopic (exact) mass is 405 g/mol. The molecule has 0 unspecified atom stereocenters. The lowest BCUT2D eigenvalue weighted by Crippen LogP contribution is -2.43. The molecule has 1 amide bonds. The van der Waals surface area contributed by atoms with E-state index >= 15 is 0 Å². The molecule has 0 spiro atoms. The smallest absolute Gasteiger partial charge is 0.225 e. The highest BCUT2D eigenvalue weighted by Gasteiger charge is 2.29.